The second-order valence-corrected chi connectivity index (χ2v) is 5.10. The number of carbonyl (C=O) groups is 1. The Morgan fingerprint density at radius 3 is 2.95 bits per heavy atom. The van der Waals surface area contributed by atoms with Crippen LogP contribution in [0.3, 0.4) is 0 Å². The minimum absolute atomic E-state index is 0.124. The van der Waals surface area contributed by atoms with Crippen molar-refractivity contribution in [3.8, 4) is 5.75 Å². The van der Waals surface area contributed by atoms with Crippen molar-refractivity contribution >= 4 is 17.7 Å². The fourth-order valence-corrected chi connectivity index (χ4v) is 2.37. The van der Waals surface area contributed by atoms with Crippen LogP contribution in [0.15, 0.2) is 48.5 Å². The summed E-state index contributed by atoms with van der Waals surface area (Å²) in [4.78, 5) is 11.9. The molecular formula is C18H17NO2. The van der Waals surface area contributed by atoms with E-state index in [2.05, 4.69) is 11.4 Å². The number of ether oxygens (including phenoxy) is 1. The maximum atomic E-state index is 11.9. The maximum Gasteiger partial charge on any atom is 0.248 e. The van der Waals surface area contributed by atoms with E-state index in [1.807, 2.05) is 49.4 Å². The van der Waals surface area contributed by atoms with Gasteiger partial charge in [-0.05, 0) is 47.9 Å². The third-order valence-corrected chi connectivity index (χ3v) is 3.54. The molecule has 3 heteroatoms. The zero-order chi connectivity index (χ0) is 14.7. The molecule has 106 valence electrons. The van der Waals surface area contributed by atoms with Crippen molar-refractivity contribution in [3.05, 3.63) is 65.2 Å². The van der Waals surface area contributed by atoms with Gasteiger partial charge in [0, 0.05) is 18.2 Å². The second kappa shape index (κ2) is 5.83. The molecule has 1 N–H and O–H groups in total. The number of hydrogen-bond acceptors (Lipinski definition) is 2. The average Bonchev–Trinajstić information content (AvgIpc) is 2.95. The summed E-state index contributed by atoms with van der Waals surface area (Å²) in [6.45, 7) is 2.72. The number of carbonyl (C=O) groups excluding carboxylic acids is 1. The lowest BCUT2D eigenvalue weighted by atomic mass is 10.1. The SMILES string of the molecule is Cc1ccccc1NC(=O)/C=C/c1ccc2c(c1)CCO2. The molecule has 0 unspecified atom stereocenters. The van der Waals surface area contributed by atoms with Crippen LogP contribution >= 0.6 is 0 Å². The molecule has 0 bridgehead atoms. The molecule has 0 aliphatic carbocycles. The summed E-state index contributed by atoms with van der Waals surface area (Å²) in [6, 6.07) is 13.7. The van der Waals surface area contributed by atoms with Crippen molar-refractivity contribution in [2.75, 3.05) is 11.9 Å². The molecule has 3 nitrogen and oxygen atoms in total. The lowest BCUT2D eigenvalue weighted by Crippen LogP contribution is -2.08. The summed E-state index contributed by atoms with van der Waals surface area (Å²) < 4.78 is 5.47. The average molecular weight is 279 g/mol. The largest absolute Gasteiger partial charge is 0.493 e. The Morgan fingerprint density at radius 2 is 2.10 bits per heavy atom. The molecule has 1 aliphatic rings. The number of benzene rings is 2. The number of fused-ring (bicyclic) bond motifs is 1. The van der Waals surface area contributed by atoms with Crippen molar-refractivity contribution < 1.29 is 9.53 Å². The van der Waals surface area contributed by atoms with E-state index >= 15 is 0 Å². The van der Waals surface area contributed by atoms with Gasteiger partial charge >= 0.3 is 0 Å². The van der Waals surface area contributed by atoms with E-state index in [1.165, 1.54) is 5.56 Å². The van der Waals surface area contributed by atoms with E-state index in [4.69, 9.17) is 4.74 Å². The summed E-state index contributed by atoms with van der Waals surface area (Å²) in [5.41, 5.74) is 4.11. The highest BCUT2D eigenvalue weighted by molar-refractivity contribution is 6.02. The van der Waals surface area contributed by atoms with Crippen LogP contribution in [0.4, 0.5) is 5.69 Å². The van der Waals surface area contributed by atoms with Crippen molar-refractivity contribution in [1.82, 2.24) is 0 Å². The number of aryl methyl sites for hydroxylation is 1. The van der Waals surface area contributed by atoms with Gasteiger partial charge in [-0.2, -0.15) is 0 Å². The van der Waals surface area contributed by atoms with Gasteiger partial charge < -0.3 is 10.1 Å². The molecule has 1 aliphatic heterocycles. The number of amides is 1. The van der Waals surface area contributed by atoms with Gasteiger partial charge in [0.25, 0.3) is 0 Å². The first-order chi connectivity index (χ1) is 10.2. The first kappa shape index (κ1) is 13.4. The molecule has 0 aromatic heterocycles. The van der Waals surface area contributed by atoms with Crippen molar-refractivity contribution in [2.45, 2.75) is 13.3 Å². The number of nitrogens with one attached hydrogen (secondary N) is 1. The van der Waals surface area contributed by atoms with Gasteiger partial charge in [-0.3, -0.25) is 4.79 Å². The molecule has 1 heterocycles. The van der Waals surface area contributed by atoms with Gasteiger partial charge in [0.05, 0.1) is 6.61 Å². The molecular weight excluding hydrogens is 262 g/mol. The number of anilines is 1. The predicted molar refractivity (Wildman–Crippen MR) is 84.5 cm³/mol. The Morgan fingerprint density at radius 1 is 1.24 bits per heavy atom. The number of rotatable bonds is 3. The topological polar surface area (TPSA) is 38.3 Å². The minimum Gasteiger partial charge on any atom is -0.493 e. The Balaban J connectivity index is 1.68. The highest BCUT2D eigenvalue weighted by Gasteiger charge is 2.11. The lowest BCUT2D eigenvalue weighted by Gasteiger charge is -2.05. The van der Waals surface area contributed by atoms with E-state index < -0.39 is 0 Å². The van der Waals surface area contributed by atoms with Gasteiger partial charge in [-0.15, -0.1) is 0 Å². The lowest BCUT2D eigenvalue weighted by molar-refractivity contribution is -0.111. The van der Waals surface area contributed by atoms with E-state index in [0.29, 0.717) is 0 Å². The molecule has 0 saturated heterocycles. The quantitative estimate of drug-likeness (QED) is 0.872. The first-order valence-electron chi connectivity index (χ1n) is 7.03. The summed E-state index contributed by atoms with van der Waals surface area (Å²) in [7, 11) is 0. The Labute approximate surface area is 124 Å². The van der Waals surface area contributed by atoms with Gasteiger partial charge in [-0.25, -0.2) is 0 Å². The van der Waals surface area contributed by atoms with Crippen molar-refractivity contribution in [2.24, 2.45) is 0 Å². The molecule has 2 aromatic rings. The third-order valence-electron chi connectivity index (χ3n) is 3.54. The van der Waals surface area contributed by atoms with Crippen LogP contribution in [0, 0.1) is 6.92 Å². The number of para-hydroxylation sites is 1. The van der Waals surface area contributed by atoms with Gasteiger partial charge in [0.1, 0.15) is 5.75 Å². The zero-order valence-electron chi connectivity index (χ0n) is 11.9. The van der Waals surface area contributed by atoms with Crippen LogP contribution in [-0.2, 0) is 11.2 Å². The van der Waals surface area contributed by atoms with Crippen molar-refractivity contribution in [1.29, 1.82) is 0 Å². The van der Waals surface area contributed by atoms with Crippen LogP contribution in [0.5, 0.6) is 5.75 Å². The standard InChI is InChI=1S/C18H17NO2/c1-13-4-2-3-5-16(13)19-18(20)9-7-14-6-8-17-15(12-14)10-11-21-17/h2-9,12H,10-11H2,1H3,(H,19,20)/b9-7+. The van der Waals surface area contributed by atoms with Crippen LogP contribution in [-0.4, -0.2) is 12.5 Å². The number of hydrogen-bond donors (Lipinski definition) is 1. The summed E-state index contributed by atoms with van der Waals surface area (Å²) in [5.74, 6) is 0.831. The Hall–Kier alpha value is -2.55. The molecule has 1 amide bonds. The zero-order valence-corrected chi connectivity index (χ0v) is 11.9. The highest BCUT2D eigenvalue weighted by atomic mass is 16.5. The minimum atomic E-state index is -0.124. The molecule has 0 fully saturated rings. The third kappa shape index (κ3) is 3.14. The first-order valence-corrected chi connectivity index (χ1v) is 7.03. The summed E-state index contributed by atoms with van der Waals surface area (Å²) in [6.07, 6.45) is 4.32. The van der Waals surface area contributed by atoms with E-state index in [0.717, 1.165) is 35.6 Å². The monoisotopic (exact) mass is 279 g/mol. The summed E-state index contributed by atoms with van der Waals surface area (Å²) in [5, 5.41) is 2.88. The molecule has 0 saturated carbocycles. The molecule has 0 spiro atoms. The molecule has 3 rings (SSSR count). The normalized spacial score (nSPS) is 13.0. The molecule has 0 radical (unpaired) electrons. The molecule has 2 aromatic carbocycles. The van der Waals surface area contributed by atoms with Crippen LogP contribution in [0.2, 0.25) is 0 Å². The smallest absolute Gasteiger partial charge is 0.248 e. The van der Waals surface area contributed by atoms with E-state index in [-0.39, 0.29) is 5.91 Å². The summed E-state index contributed by atoms with van der Waals surface area (Å²) >= 11 is 0. The van der Waals surface area contributed by atoms with Gasteiger partial charge in [0.15, 0.2) is 0 Å². The van der Waals surface area contributed by atoms with Crippen LogP contribution < -0.4 is 10.1 Å². The van der Waals surface area contributed by atoms with Crippen molar-refractivity contribution in [3.63, 3.8) is 0 Å². The maximum absolute atomic E-state index is 11.9. The van der Waals surface area contributed by atoms with E-state index in [1.54, 1.807) is 6.08 Å². The van der Waals surface area contributed by atoms with Crippen LogP contribution in [0.1, 0.15) is 16.7 Å². The van der Waals surface area contributed by atoms with E-state index in [9.17, 15) is 4.79 Å². The second-order valence-electron chi connectivity index (χ2n) is 5.10. The van der Waals surface area contributed by atoms with Gasteiger partial charge in [-0.1, -0.05) is 24.3 Å². The highest BCUT2D eigenvalue weighted by Crippen LogP contribution is 2.26. The Bertz CT molecular complexity index is 704. The van der Waals surface area contributed by atoms with Gasteiger partial charge in [0.2, 0.25) is 5.91 Å². The van der Waals surface area contributed by atoms with Crippen LogP contribution in [0.25, 0.3) is 6.08 Å². The molecule has 21 heavy (non-hydrogen) atoms. The Kier molecular flexibility index (Phi) is 3.73. The fourth-order valence-electron chi connectivity index (χ4n) is 2.37. The predicted octanol–water partition coefficient (Wildman–Crippen LogP) is 3.58. The molecule has 0 atom stereocenters. The fraction of sp³-hybridized carbons (Fsp3) is 0.167.